The molecule has 0 amide bonds. The summed E-state index contributed by atoms with van der Waals surface area (Å²) < 4.78 is 8.02. The summed E-state index contributed by atoms with van der Waals surface area (Å²) in [7, 11) is 0. The van der Waals surface area contributed by atoms with Crippen LogP contribution in [0.4, 0.5) is 0 Å². The van der Waals surface area contributed by atoms with Crippen molar-refractivity contribution in [3.05, 3.63) is 89.2 Å². The number of hydrogen-bond acceptors (Lipinski definition) is 3. The first-order valence-corrected chi connectivity index (χ1v) is 13.7. The van der Waals surface area contributed by atoms with Crippen molar-refractivity contribution in [2.24, 2.45) is 0 Å². The van der Waals surface area contributed by atoms with Crippen molar-refractivity contribution in [3.8, 4) is 11.1 Å². The van der Waals surface area contributed by atoms with Crippen LogP contribution in [-0.2, 0) is 24.1 Å². The summed E-state index contributed by atoms with van der Waals surface area (Å²) in [4.78, 5) is 17.9. The van der Waals surface area contributed by atoms with Gasteiger partial charge >= 0.3 is 5.97 Å². The minimum atomic E-state index is -0.534. The van der Waals surface area contributed by atoms with E-state index in [9.17, 15) is 4.79 Å². The van der Waals surface area contributed by atoms with Gasteiger partial charge in [-0.2, -0.15) is 0 Å². The second-order valence-corrected chi connectivity index (χ2v) is 10.9. The fraction of sp³-hybridized carbons (Fsp3) is 0.394. The number of hydrogen-bond donors (Lipinski definition) is 0. The fourth-order valence-corrected chi connectivity index (χ4v) is 4.68. The number of aromatic nitrogens is 2. The second-order valence-electron chi connectivity index (χ2n) is 10.9. The highest BCUT2D eigenvalue weighted by Gasteiger charge is 2.20. The van der Waals surface area contributed by atoms with Crippen molar-refractivity contribution in [1.29, 1.82) is 0 Å². The SMILES string of the molecule is CCCCc1ccc2c(c1)nc(CCCC)n2Cc1ccc(-c2ccccc2C(=O)OC(C)(C)C)cc1. The van der Waals surface area contributed by atoms with Crippen LogP contribution in [0, 0.1) is 0 Å². The van der Waals surface area contributed by atoms with Gasteiger partial charge in [0, 0.05) is 13.0 Å². The third kappa shape index (κ3) is 6.68. The van der Waals surface area contributed by atoms with Gasteiger partial charge < -0.3 is 9.30 Å². The van der Waals surface area contributed by atoms with E-state index >= 15 is 0 Å². The highest BCUT2D eigenvalue weighted by molar-refractivity contribution is 5.97. The standard InChI is InChI=1S/C33H40N2O2/c1-6-8-12-24-18-21-30-29(22-24)34-31(15-9-7-2)35(30)23-25-16-19-26(20-17-25)27-13-10-11-14-28(27)32(36)37-33(3,4)5/h10-11,13-14,16-22H,6-9,12,15,23H2,1-5H3. The summed E-state index contributed by atoms with van der Waals surface area (Å²) in [5.74, 6) is 0.861. The van der Waals surface area contributed by atoms with E-state index in [0.29, 0.717) is 5.56 Å². The van der Waals surface area contributed by atoms with Gasteiger partial charge in [-0.05, 0) is 80.5 Å². The van der Waals surface area contributed by atoms with Crippen LogP contribution in [0.15, 0.2) is 66.7 Å². The fourth-order valence-electron chi connectivity index (χ4n) is 4.68. The normalized spacial score (nSPS) is 11.7. The predicted octanol–water partition coefficient (Wildman–Crippen LogP) is 8.39. The lowest BCUT2D eigenvalue weighted by molar-refractivity contribution is 0.00704. The molecule has 4 aromatic rings. The lowest BCUT2D eigenvalue weighted by atomic mass is 9.98. The molecule has 4 nitrogen and oxygen atoms in total. The first kappa shape index (κ1) is 26.7. The van der Waals surface area contributed by atoms with E-state index in [-0.39, 0.29) is 5.97 Å². The molecule has 0 N–H and O–H groups in total. The van der Waals surface area contributed by atoms with Crippen LogP contribution in [0.25, 0.3) is 22.2 Å². The highest BCUT2D eigenvalue weighted by atomic mass is 16.6. The number of aryl methyl sites for hydroxylation is 2. The molecule has 1 aromatic heterocycles. The third-order valence-electron chi connectivity index (χ3n) is 6.62. The van der Waals surface area contributed by atoms with Crippen molar-refractivity contribution >= 4 is 17.0 Å². The average molecular weight is 497 g/mol. The van der Waals surface area contributed by atoms with Gasteiger partial charge in [-0.25, -0.2) is 9.78 Å². The molecule has 194 valence electrons. The maximum atomic E-state index is 12.8. The van der Waals surface area contributed by atoms with Gasteiger partial charge in [0.15, 0.2) is 0 Å². The smallest absolute Gasteiger partial charge is 0.339 e. The van der Waals surface area contributed by atoms with E-state index in [1.807, 2.05) is 45.0 Å². The van der Waals surface area contributed by atoms with Gasteiger partial charge in [0.25, 0.3) is 0 Å². The van der Waals surface area contributed by atoms with E-state index < -0.39 is 5.60 Å². The van der Waals surface area contributed by atoms with Crippen LogP contribution in [0.5, 0.6) is 0 Å². The number of rotatable bonds is 10. The summed E-state index contributed by atoms with van der Waals surface area (Å²) in [5, 5.41) is 0. The Hall–Kier alpha value is -3.40. The molecule has 37 heavy (non-hydrogen) atoms. The van der Waals surface area contributed by atoms with Crippen molar-refractivity contribution in [2.45, 2.75) is 85.3 Å². The lowest BCUT2D eigenvalue weighted by Crippen LogP contribution is -2.24. The van der Waals surface area contributed by atoms with E-state index in [0.717, 1.165) is 54.7 Å². The molecule has 0 unspecified atom stereocenters. The number of nitrogens with zero attached hydrogens (tertiary/aromatic N) is 2. The molecule has 0 spiro atoms. The number of ether oxygens (including phenoxy) is 1. The molecule has 0 fully saturated rings. The summed E-state index contributed by atoms with van der Waals surface area (Å²) in [6.07, 6.45) is 6.78. The van der Waals surface area contributed by atoms with Gasteiger partial charge in [0.05, 0.1) is 16.6 Å². The van der Waals surface area contributed by atoms with Crippen molar-refractivity contribution in [2.75, 3.05) is 0 Å². The first-order valence-electron chi connectivity index (χ1n) is 13.7. The Balaban J connectivity index is 1.61. The van der Waals surface area contributed by atoms with Crippen molar-refractivity contribution in [1.82, 2.24) is 9.55 Å². The van der Waals surface area contributed by atoms with Crippen molar-refractivity contribution < 1.29 is 9.53 Å². The number of carbonyl (C=O) groups excluding carboxylic acids is 1. The van der Waals surface area contributed by atoms with E-state index in [1.54, 1.807) is 0 Å². The predicted molar refractivity (Wildman–Crippen MR) is 153 cm³/mol. The highest BCUT2D eigenvalue weighted by Crippen LogP contribution is 2.27. The molecule has 0 aliphatic rings. The lowest BCUT2D eigenvalue weighted by Gasteiger charge is -2.20. The summed E-state index contributed by atoms with van der Waals surface area (Å²) >= 11 is 0. The molecule has 0 atom stereocenters. The monoisotopic (exact) mass is 496 g/mol. The summed E-state index contributed by atoms with van der Waals surface area (Å²) in [5.41, 5.74) is 6.83. The van der Waals surface area contributed by atoms with Gasteiger partial charge in [0.1, 0.15) is 11.4 Å². The van der Waals surface area contributed by atoms with Crippen molar-refractivity contribution in [3.63, 3.8) is 0 Å². The van der Waals surface area contributed by atoms with Gasteiger partial charge in [-0.15, -0.1) is 0 Å². The number of fused-ring (bicyclic) bond motifs is 1. The second kappa shape index (κ2) is 11.8. The summed E-state index contributed by atoms with van der Waals surface area (Å²) in [6.45, 7) is 10.9. The molecule has 0 bridgehead atoms. The Kier molecular flexibility index (Phi) is 8.48. The molecular weight excluding hydrogens is 456 g/mol. The molecule has 0 saturated carbocycles. The molecule has 1 heterocycles. The van der Waals surface area contributed by atoms with Gasteiger partial charge in [0.2, 0.25) is 0 Å². The maximum Gasteiger partial charge on any atom is 0.339 e. The van der Waals surface area contributed by atoms with Gasteiger partial charge in [-0.3, -0.25) is 0 Å². The minimum absolute atomic E-state index is 0.295. The molecule has 0 aliphatic heterocycles. The Labute approximate surface area is 221 Å². The molecule has 0 radical (unpaired) electrons. The van der Waals surface area contributed by atoms with Gasteiger partial charge in [-0.1, -0.05) is 75.2 Å². The largest absolute Gasteiger partial charge is 0.456 e. The van der Waals surface area contributed by atoms with Crippen LogP contribution >= 0.6 is 0 Å². The Bertz CT molecular complexity index is 1340. The summed E-state index contributed by atoms with van der Waals surface area (Å²) in [6, 6.07) is 23.0. The third-order valence-corrected chi connectivity index (χ3v) is 6.62. The number of unbranched alkanes of at least 4 members (excludes halogenated alkanes) is 2. The Morgan fingerprint density at radius 1 is 0.865 bits per heavy atom. The van der Waals surface area contributed by atoms with Crippen LogP contribution < -0.4 is 0 Å². The van der Waals surface area contributed by atoms with Crippen LogP contribution in [0.1, 0.15) is 87.6 Å². The number of esters is 1. The van der Waals surface area contributed by atoms with E-state index in [4.69, 9.17) is 9.72 Å². The molecule has 0 saturated heterocycles. The van der Waals surface area contributed by atoms with Crippen LogP contribution in [0.2, 0.25) is 0 Å². The number of imidazole rings is 1. The topological polar surface area (TPSA) is 44.1 Å². The average Bonchev–Trinajstić information content (AvgIpc) is 3.22. The quantitative estimate of drug-likeness (QED) is 0.207. The molecule has 4 heteroatoms. The number of carbonyl (C=O) groups is 1. The van der Waals surface area contributed by atoms with E-state index in [2.05, 4.69) is 60.9 Å². The molecular formula is C33H40N2O2. The zero-order valence-corrected chi connectivity index (χ0v) is 23.0. The van der Waals surface area contributed by atoms with Crippen LogP contribution in [0.3, 0.4) is 0 Å². The molecule has 0 aliphatic carbocycles. The zero-order chi connectivity index (χ0) is 26.4. The molecule has 4 rings (SSSR count). The zero-order valence-electron chi connectivity index (χ0n) is 23.0. The van der Waals surface area contributed by atoms with Crippen LogP contribution in [-0.4, -0.2) is 21.1 Å². The first-order chi connectivity index (χ1) is 17.8. The number of benzene rings is 3. The Morgan fingerprint density at radius 3 is 2.24 bits per heavy atom. The molecule has 3 aromatic carbocycles. The van der Waals surface area contributed by atoms with E-state index in [1.165, 1.54) is 29.5 Å². The maximum absolute atomic E-state index is 12.8. The minimum Gasteiger partial charge on any atom is -0.456 e. The Morgan fingerprint density at radius 2 is 1.54 bits per heavy atom.